The van der Waals surface area contributed by atoms with E-state index in [1.807, 2.05) is 24.3 Å². The predicted molar refractivity (Wildman–Crippen MR) is 63.1 cm³/mol. The van der Waals surface area contributed by atoms with Gasteiger partial charge in [-0.1, -0.05) is 6.08 Å². The summed E-state index contributed by atoms with van der Waals surface area (Å²) in [5.41, 5.74) is 0. The fourth-order valence-corrected chi connectivity index (χ4v) is 1.55. The Balaban J connectivity index is 1.99. The molecule has 0 bridgehead atoms. The zero-order valence-electron chi connectivity index (χ0n) is 9.87. The Morgan fingerprint density at radius 1 is 1.12 bits per heavy atom. The summed E-state index contributed by atoms with van der Waals surface area (Å²) >= 11 is 0. The van der Waals surface area contributed by atoms with Gasteiger partial charge in [0.05, 0.1) is 19.3 Å². The molecule has 0 fully saturated rings. The summed E-state index contributed by atoms with van der Waals surface area (Å²) in [6, 6.07) is 7.26. The number of rotatable bonds is 3. The highest BCUT2D eigenvalue weighted by Crippen LogP contribution is 2.21. The first-order valence-electron chi connectivity index (χ1n) is 5.51. The van der Waals surface area contributed by atoms with E-state index in [1.165, 1.54) is 0 Å². The van der Waals surface area contributed by atoms with Gasteiger partial charge in [-0.05, 0) is 37.3 Å². The van der Waals surface area contributed by atoms with Crippen LogP contribution in [0.5, 0.6) is 11.5 Å². The fraction of sp³-hybridized carbons (Fsp3) is 0.385. The van der Waals surface area contributed by atoms with Crippen LogP contribution in [0.1, 0.15) is 6.92 Å². The molecule has 0 radical (unpaired) electrons. The summed E-state index contributed by atoms with van der Waals surface area (Å²) in [5.74, 6) is 1.48. The van der Waals surface area contributed by atoms with E-state index in [2.05, 4.69) is 0 Å². The molecule has 0 saturated heterocycles. The van der Waals surface area contributed by atoms with Crippen LogP contribution in [0, 0.1) is 0 Å². The molecule has 1 aromatic carbocycles. The molecule has 4 heteroatoms. The zero-order valence-corrected chi connectivity index (χ0v) is 9.87. The minimum atomic E-state index is -0.564. The third-order valence-corrected chi connectivity index (χ3v) is 2.61. The average molecular weight is 236 g/mol. The van der Waals surface area contributed by atoms with Crippen LogP contribution in [0.25, 0.3) is 0 Å². The van der Waals surface area contributed by atoms with Gasteiger partial charge in [-0.25, -0.2) is 0 Å². The molecule has 2 rings (SSSR count). The van der Waals surface area contributed by atoms with Crippen LogP contribution in [-0.4, -0.2) is 30.7 Å². The van der Waals surface area contributed by atoms with E-state index in [0.29, 0.717) is 5.75 Å². The summed E-state index contributed by atoms with van der Waals surface area (Å²) < 4.78 is 16.1. The van der Waals surface area contributed by atoms with Crippen molar-refractivity contribution in [2.24, 2.45) is 0 Å². The molecule has 3 atom stereocenters. The molecule has 0 aliphatic carbocycles. The second kappa shape index (κ2) is 5.21. The van der Waals surface area contributed by atoms with Gasteiger partial charge in [0.1, 0.15) is 11.5 Å². The largest absolute Gasteiger partial charge is 0.497 e. The number of hydrogen-bond donors (Lipinski definition) is 1. The summed E-state index contributed by atoms with van der Waals surface area (Å²) in [5, 5.41) is 9.45. The van der Waals surface area contributed by atoms with E-state index < -0.39 is 12.4 Å². The van der Waals surface area contributed by atoms with Crippen LogP contribution in [0.3, 0.4) is 0 Å². The van der Waals surface area contributed by atoms with Crippen LogP contribution in [0.15, 0.2) is 36.4 Å². The van der Waals surface area contributed by atoms with Crippen molar-refractivity contribution in [3.05, 3.63) is 36.4 Å². The first-order chi connectivity index (χ1) is 8.19. The van der Waals surface area contributed by atoms with Crippen LogP contribution in [0.2, 0.25) is 0 Å². The van der Waals surface area contributed by atoms with Crippen LogP contribution in [-0.2, 0) is 4.74 Å². The van der Waals surface area contributed by atoms with E-state index in [1.54, 1.807) is 26.2 Å². The summed E-state index contributed by atoms with van der Waals surface area (Å²) in [4.78, 5) is 0. The highest BCUT2D eigenvalue weighted by Gasteiger charge is 2.22. The Bertz CT molecular complexity index is 385. The van der Waals surface area contributed by atoms with Gasteiger partial charge in [0.2, 0.25) is 6.29 Å². The van der Waals surface area contributed by atoms with E-state index in [9.17, 15) is 5.11 Å². The second-order valence-electron chi connectivity index (χ2n) is 3.88. The van der Waals surface area contributed by atoms with Gasteiger partial charge < -0.3 is 19.3 Å². The van der Waals surface area contributed by atoms with Gasteiger partial charge in [0.15, 0.2) is 0 Å². The number of hydrogen-bond acceptors (Lipinski definition) is 4. The molecular formula is C13H16O4. The molecule has 0 spiro atoms. The maximum atomic E-state index is 9.45. The van der Waals surface area contributed by atoms with Crippen molar-refractivity contribution in [1.82, 2.24) is 0 Å². The fourth-order valence-electron chi connectivity index (χ4n) is 1.55. The van der Waals surface area contributed by atoms with Crippen LogP contribution in [0.4, 0.5) is 0 Å². The van der Waals surface area contributed by atoms with Crippen molar-refractivity contribution in [2.75, 3.05) is 7.11 Å². The van der Waals surface area contributed by atoms with Crippen molar-refractivity contribution >= 4 is 0 Å². The van der Waals surface area contributed by atoms with E-state index in [-0.39, 0.29) is 6.10 Å². The summed E-state index contributed by atoms with van der Waals surface area (Å²) in [6.07, 6.45) is 2.10. The lowest BCUT2D eigenvalue weighted by Crippen LogP contribution is -2.35. The molecule has 4 nitrogen and oxygen atoms in total. The normalized spacial score (nSPS) is 27.8. The predicted octanol–water partition coefficient (Wildman–Crippen LogP) is 1.74. The zero-order chi connectivity index (χ0) is 12.3. The molecule has 0 unspecified atom stereocenters. The smallest absolute Gasteiger partial charge is 0.220 e. The van der Waals surface area contributed by atoms with Crippen LogP contribution < -0.4 is 9.47 Å². The topological polar surface area (TPSA) is 47.9 Å². The maximum absolute atomic E-state index is 9.45. The van der Waals surface area contributed by atoms with Gasteiger partial charge in [0, 0.05) is 0 Å². The molecule has 0 amide bonds. The molecule has 17 heavy (non-hydrogen) atoms. The lowest BCUT2D eigenvalue weighted by atomic mass is 10.2. The van der Waals surface area contributed by atoms with Crippen molar-refractivity contribution in [3.8, 4) is 11.5 Å². The number of aliphatic hydroxyl groups excluding tert-OH is 1. The van der Waals surface area contributed by atoms with Crippen molar-refractivity contribution in [1.29, 1.82) is 0 Å². The highest BCUT2D eigenvalue weighted by atomic mass is 16.7. The summed E-state index contributed by atoms with van der Waals surface area (Å²) in [7, 11) is 1.62. The van der Waals surface area contributed by atoms with Crippen molar-refractivity contribution in [3.63, 3.8) is 0 Å². The molecule has 0 saturated carbocycles. The van der Waals surface area contributed by atoms with Gasteiger partial charge in [-0.15, -0.1) is 0 Å². The van der Waals surface area contributed by atoms with E-state index >= 15 is 0 Å². The number of aliphatic hydroxyl groups is 1. The maximum Gasteiger partial charge on any atom is 0.220 e. The second-order valence-corrected chi connectivity index (χ2v) is 3.88. The molecular weight excluding hydrogens is 220 g/mol. The molecule has 1 heterocycles. The first kappa shape index (κ1) is 12.0. The highest BCUT2D eigenvalue weighted by molar-refractivity contribution is 5.31. The standard InChI is InChI=1S/C13H16O4/c1-9-12(14)7-8-13(16-9)17-11-5-3-10(15-2)4-6-11/h3-9,12-14H,1-2H3/t9-,12-,13+/m0/s1. The minimum absolute atomic E-state index is 0.261. The van der Waals surface area contributed by atoms with Crippen molar-refractivity contribution in [2.45, 2.75) is 25.4 Å². The molecule has 92 valence electrons. The monoisotopic (exact) mass is 236 g/mol. The summed E-state index contributed by atoms with van der Waals surface area (Å²) in [6.45, 7) is 1.80. The molecule has 0 aromatic heterocycles. The Hall–Kier alpha value is -1.52. The van der Waals surface area contributed by atoms with Gasteiger partial charge in [0.25, 0.3) is 0 Å². The molecule has 1 aliphatic heterocycles. The Morgan fingerprint density at radius 2 is 1.76 bits per heavy atom. The molecule has 1 aliphatic rings. The molecule has 1 N–H and O–H groups in total. The Labute approximate surface area is 100 Å². The van der Waals surface area contributed by atoms with E-state index in [4.69, 9.17) is 14.2 Å². The first-order valence-corrected chi connectivity index (χ1v) is 5.51. The van der Waals surface area contributed by atoms with E-state index in [0.717, 1.165) is 5.75 Å². The lowest BCUT2D eigenvalue weighted by Gasteiger charge is -2.27. The number of methoxy groups -OCH3 is 1. The lowest BCUT2D eigenvalue weighted by molar-refractivity contribution is -0.122. The van der Waals surface area contributed by atoms with Gasteiger partial charge in [-0.3, -0.25) is 0 Å². The van der Waals surface area contributed by atoms with Gasteiger partial charge >= 0.3 is 0 Å². The van der Waals surface area contributed by atoms with Crippen molar-refractivity contribution < 1.29 is 19.3 Å². The quantitative estimate of drug-likeness (QED) is 0.812. The van der Waals surface area contributed by atoms with Crippen LogP contribution >= 0.6 is 0 Å². The third-order valence-electron chi connectivity index (χ3n) is 2.61. The number of benzene rings is 1. The molecule has 1 aromatic rings. The minimum Gasteiger partial charge on any atom is -0.497 e. The average Bonchev–Trinajstić information content (AvgIpc) is 2.35. The SMILES string of the molecule is COc1ccc(O[C@@H]2C=C[C@H](O)[C@H](C)O2)cc1. The third kappa shape index (κ3) is 2.99. The Morgan fingerprint density at radius 3 is 2.35 bits per heavy atom. The van der Waals surface area contributed by atoms with Gasteiger partial charge in [-0.2, -0.15) is 0 Å². The number of ether oxygens (including phenoxy) is 3. The Kier molecular flexibility index (Phi) is 3.66.